The van der Waals surface area contributed by atoms with Crippen LogP contribution in [0.5, 0.6) is 0 Å². The highest BCUT2D eigenvalue weighted by molar-refractivity contribution is 5.72. The van der Waals surface area contributed by atoms with Gasteiger partial charge in [0, 0.05) is 12.8 Å². The fourth-order valence-electron chi connectivity index (χ4n) is 8.13. The molecule has 0 bridgehead atoms. The van der Waals surface area contributed by atoms with Crippen molar-refractivity contribution >= 4 is 17.9 Å². The average Bonchev–Trinajstić information content (AvgIpc) is 3.41. The Morgan fingerprint density at radius 1 is 0.293 bits per heavy atom. The Morgan fingerprint density at radius 2 is 0.573 bits per heavy atom. The van der Waals surface area contributed by atoms with Crippen molar-refractivity contribution in [2.45, 2.75) is 271 Å². The molecule has 0 amide bonds. The summed E-state index contributed by atoms with van der Waals surface area (Å²) in [6.07, 6.45) is 87.6. The minimum absolute atomic E-state index is 0.118. The maximum atomic E-state index is 12.9. The van der Waals surface area contributed by atoms with E-state index in [9.17, 15) is 14.4 Å². The van der Waals surface area contributed by atoms with Crippen LogP contribution in [0.1, 0.15) is 265 Å². The number of allylic oxidation sites excluding steroid dienone is 21. The fraction of sp³-hybridized carbons (Fsp3) is 0.638. The van der Waals surface area contributed by atoms with Crippen molar-refractivity contribution in [1.29, 1.82) is 0 Å². The fourth-order valence-corrected chi connectivity index (χ4v) is 8.13. The quantitative estimate of drug-likeness (QED) is 0.0261. The first kappa shape index (κ1) is 70.5. The van der Waals surface area contributed by atoms with Gasteiger partial charge in [-0.15, -0.1) is 0 Å². The number of hydrogen-bond donors (Lipinski definition) is 0. The van der Waals surface area contributed by atoms with Crippen molar-refractivity contribution in [1.82, 2.24) is 0 Å². The molecule has 0 aliphatic rings. The Bertz CT molecular complexity index is 1620. The molecule has 0 saturated heterocycles. The molecule has 0 aliphatic carbocycles. The molecule has 75 heavy (non-hydrogen) atoms. The van der Waals surface area contributed by atoms with Gasteiger partial charge < -0.3 is 14.2 Å². The summed E-state index contributed by atoms with van der Waals surface area (Å²) in [4.78, 5) is 38.2. The third-order valence-electron chi connectivity index (χ3n) is 12.7. The molecule has 0 aliphatic heterocycles. The molecule has 0 aromatic heterocycles. The molecular formula is C69H112O6. The van der Waals surface area contributed by atoms with E-state index in [2.05, 4.69) is 142 Å². The van der Waals surface area contributed by atoms with Gasteiger partial charge in [-0.25, -0.2) is 0 Å². The molecule has 0 rings (SSSR count). The van der Waals surface area contributed by atoms with Crippen molar-refractivity contribution < 1.29 is 28.6 Å². The van der Waals surface area contributed by atoms with Gasteiger partial charge in [0.25, 0.3) is 0 Å². The molecule has 0 aromatic carbocycles. The Hall–Kier alpha value is -4.45. The highest BCUT2D eigenvalue weighted by atomic mass is 16.6. The van der Waals surface area contributed by atoms with E-state index in [1.165, 1.54) is 116 Å². The smallest absolute Gasteiger partial charge is 0.309 e. The molecule has 6 heteroatoms. The van der Waals surface area contributed by atoms with Crippen LogP contribution in [0, 0.1) is 0 Å². The first-order valence-electron chi connectivity index (χ1n) is 30.7. The highest BCUT2D eigenvalue weighted by Crippen LogP contribution is 2.15. The molecule has 0 spiro atoms. The third kappa shape index (κ3) is 60.3. The first-order chi connectivity index (χ1) is 37.0. The molecular weight excluding hydrogens is 925 g/mol. The summed E-state index contributed by atoms with van der Waals surface area (Å²) < 4.78 is 16.8. The first-order valence-corrected chi connectivity index (χ1v) is 30.7. The summed E-state index contributed by atoms with van der Waals surface area (Å²) in [5.41, 5.74) is 0. The van der Waals surface area contributed by atoms with Gasteiger partial charge in [0.1, 0.15) is 13.2 Å². The molecule has 0 radical (unpaired) electrons. The van der Waals surface area contributed by atoms with Crippen LogP contribution >= 0.6 is 0 Å². The monoisotopic (exact) mass is 1040 g/mol. The van der Waals surface area contributed by atoms with Crippen LogP contribution < -0.4 is 0 Å². The van der Waals surface area contributed by atoms with Crippen LogP contribution in [0.2, 0.25) is 0 Å². The summed E-state index contributed by atoms with van der Waals surface area (Å²) in [6.45, 7) is 6.31. The van der Waals surface area contributed by atoms with E-state index >= 15 is 0 Å². The lowest BCUT2D eigenvalue weighted by molar-refractivity contribution is -0.166. The zero-order valence-electron chi connectivity index (χ0n) is 48.5. The van der Waals surface area contributed by atoms with E-state index in [1.807, 2.05) is 6.08 Å². The van der Waals surface area contributed by atoms with E-state index in [4.69, 9.17) is 14.2 Å². The van der Waals surface area contributed by atoms with Gasteiger partial charge in [-0.3, -0.25) is 14.4 Å². The number of unbranched alkanes of at least 4 members (excludes halogenated alkanes) is 22. The van der Waals surface area contributed by atoms with Crippen LogP contribution in [0.4, 0.5) is 0 Å². The average molecular weight is 1040 g/mol. The predicted molar refractivity (Wildman–Crippen MR) is 325 cm³/mol. The van der Waals surface area contributed by atoms with Gasteiger partial charge in [0.05, 0.1) is 6.42 Å². The normalized spacial score (nSPS) is 13.1. The molecule has 0 heterocycles. The molecule has 0 fully saturated rings. The second-order valence-corrected chi connectivity index (χ2v) is 19.9. The largest absolute Gasteiger partial charge is 0.462 e. The van der Waals surface area contributed by atoms with Gasteiger partial charge in [-0.2, -0.15) is 0 Å². The second kappa shape index (κ2) is 62.1. The molecule has 1 unspecified atom stereocenters. The molecule has 1 atom stereocenters. The zero-order valence-corrected chi connectivity index (χ0v) is 48.5. The van der Waals surface area contributed by atoms with E-state index in [-0.39, 0.29) is 31.6 Å². The van der Waals surface area contributed by atoms with Crippen molar-refractivity contribution in [3.8, 4) is 0 Å². The maximum Gasteiger partial charge on any atom is 0.309 e. The topological polar surface area (TPSA) is 78.9 Å². The number of rotatable bonds is 54. The van der Waals surface area contributed by atoms with Crippen molar-refractivity contribution in [3.05, 3.63) is 134 Å². The lowest BCUT2D eigenvalue weighted by Gasteiger charge is -2.18. The van der Waals surface area contributed by atoms with Crippen molar-refractivity contribution in [2.24, 2.45) is 0 Å². The van der Waals surface area contributed by atoms with E-state index < -0.39 is 12.1 Å². The van der Waals surface area contributed by atoms with Crippen LogP contribution in [0.3, 0.4) is 0 Å². The van der Waals surface area contributed by atoms with Crippen LogP contribution in [-0.4, -0.2) is 37.2 Å². The van der Waals surface area contributed by atoms with Gasteiger partial charge in [-0.05, 0) is 116 Å². The van der Waals surface area contributed by atoms with Gasteiger partial charge >= 0.3 is 17.9 Å². The number of ether oxygens (including phenoxy) is 3. The Kier molecular flexibility index (Phi) is 58.4. The van der Waals surface area contributed by atoms with E-state index in [1.54, 1.807) is 6.08 Å². The predicted octanol–water partition coefficient (Wildman–Crippen LogP) is 21.0. The number of esters is 3. The maximum absolute atomic E-state index is 12.9. The second-order valence-electron chi connectivity index (χ2n) is 19.9. The summed E-state index contributed by atoms with van der Waals surface area (Å²) >= 11 is 0. The van der Waals surface area contributed by atoms with Crippen LogP contribution in [0.15, 0.2) is 134 Å². The molecule has 0 N–H and O–H groups in total. The number of carbonyl (C=O) groups is 3. The third-order valence-corrected chi connectivity index (χ3v) is 12.7. The van der Waals surface area contributed by atoms with Crippen LogP contribution in [-0.2, 0) is 28.6 Å². The lowest BCUT2D eigenvalue weighted by Crippen LogP contribution is -2.30. The highest BCUT2D eigenvalue weighted by Gasteiger charge is 2.19. The molecule has 424 valence electrons. The Morgan fingerprint density at radius 3 is 0.933 bits per heavy atom. The SMILES string of the molecule is CC/C=C\C/C=C\C/C=C\C/C=C\C/C=C\CC(=O)OCC(COC(=O)CCCCCCCCCC/C=C\C/C=C\C/C=C\C/C=C\CC)OC(=O)CCCCCCCCCCC/C=C\C/C=C\CCCCCCC. The van der Waals surface area contributed by atoms with Crippen LogP contribution in [0.25, 0.3) is 0 Å². The summed E-state index contributed by atoms with van der Waals surface area (Å²) in [7, 11) is 0. The standard InChI is InChI=1S/C69H112O6/c1-4-7-10-13-16-19-22-25-28-30-32-34-36-38-41-44-47-50-53-56-59-62-68(71)74-65-66(64-73-67(70)61-58-55-52-49-46-43-40-27-24-21-18-15-12-9-6-3)75-69(72)63-60-57-54-51-48-45-42-39-37-35-33-31-29-26-23-20-17-14-11-8-5-2/h7,9-10,12,16,18-19,21,23,25-28,31-34,40,46,49,55,58,66H,4-6,8,11,13-15,17,20,22,24,29-30,35-39,41-45,47-48,50-54,56-57,59-65H2,1-3H3/b10-7-,12-9-,19-16-,21-18-,26-23-,28-25-,33-31-,34-32-,40-27-,49-46-,58-55-. The number of carbonyl (C=O) groups excluding carboxylic acids is 3. The summed E-state index contributed by atoms with van der Waals surface area (Å²) in [5, 5.41) is 0. The van der Waals surface area contributed by atoms with Gasteiger partial charge in [0.15, 0.2) is 6.10 Å². The Balaban J connectivity index is 4.49. The van der Waals surface area contributed by atoms with Crippen molar-refractivity contribution in [2.75, 3.05) is 13.2 Å². The molecule has 6 nitrogen and oxygen atoms in total. The summed E-state index contributed by atoms with van der Waals surface area (Å²) in [5.74, 6) is -1.06. The molecule has 0 saturated carbocycles. The lowest BCUT2D eigenvalue weighted by atomic mass is 10.1. The van der Waals surface area contributed by atoms with Gasteiger partial charge in [0.2, 0.25) is 0 Å². The minimum Gasteiger partial charge on any atom is -0.462 e. The van der Waals surface area contributed by atoms with E-state index in [0.29, 0.717) is 12.8 Å². The summed E-state index contributed by atoms with van der Waals surface area (Å²) in [6, 6.07) is 0. The molecule has 0 aromatic rings. The van der Waals surface area contributed by atoms with Gasteiger partial charge in [-0.1, -0.05) is 264 Å². The number of hydrogen-bond acceptors (Lipinski definition) is 6. The zero-order chi connectivity index (χ0) is 54.3. The van der Waals surface area contributed by atoms with E-state index in [0.717, 1.165) is 109 Å². The Labute approximate surface area is 462 Å². The minimum atomic E-state index is -0.830. The van der Waals surface area contributed by atoms with Crippen molar-refractivity contribution in [3.63, 3.8) is 0 Å².